The highest BCUT2D eigenvalue weighted by atomic mass is 32.1. The van der Waals surface area contributed by atoms with Gasteiger partial charge in [0, 0.05) is 37.2 Å². The molecule has 2 atom stereocenters. The lowest BCUT2D eigenvalue weighted by Crippen LogP contribution is -2.51. The number of allylic oxidation sites excluding steroid dienone is 5. The highest BCUT2D eigenvalue weighted by molar-refractivity contribution is 7.11. The van der Waals surface area contributed by atoms with E-state index in [0.29, 0.717) is 25.9 Å². The van der Waals surface area contributed by atoms with Crippen LogP contribution >= 0.6 is 11.3 Å². The van der Waals surface area contributed by atoms with E-state index in [1.807, 2.05) is 36.6 Å². The minimum Gasteiger partial charge on any atom is -0.481 e. The molecule has 1 aliphatic rings. The number of carboxylic acids is 2. The lowest BCUT2D eigenvalue weighted by atomic mass is 9.94. The summed E-state index contributed by atoms with van der Waals surface area (Å²) in [5.41, 5.74) is 1.97. The number of thiophene rings is 1. The normalized spacial score (nSPS) is 17.5. The summed E-state index contributed by atoms with van der Waals surface area (Å²) in [4.78, 5) is 50.6. The Labute approximate surface area is 210 Å². The monoisotopic (exact) mass is 502 g/mol. The fourth-order valence-electron chi connectivity index (χ4n) is 4.02. The van der Waals surface area contributed by atoms with E-state index in [4.69, 9.17) is 10.2 Å². The van der Waals surface area contributed by atoms with Crippen molar-refractivity contribution in [1.82, 2.24) is 10.2 Å². The molecule has 2 rings (SSSR count). The topological polar surface area (TPSA) is 124 Å². The standard InChI is InChI=1S/C26H34N2O6S/c1-3-19(9-8-18(2)22-7-5-15-35-22)10-12-23(29)27-21(11-13-24(30)31)26(34)28-14-4-6-20(17-28)16-25(32)33/h3,5,7-9,15,20-21H,1,4,6,10-14,16-17H2,2H3,(H,27,29)(H,30,31)(H,32,33). The van der Waals surface area contributed by atoms with Crippen molar-refractivity contribution in [2.24, 2.45) is 5.92 Å². The number of rotatable bonds is 13. The Kier molecular flexibility index (Phi) is 11.4. The Morgan fingerprint density at radius 3 is 2.60 bits per heavy atom. The molecule has 190 valence electrons. The number of carbonyl (C=O) groups is 4. The van der Waals surface area contributed by atoms with Gasteiger partial charge in [0.15, 0.2) is 0 Å². The Morgan fingerprint density at radius 2 is 1.97 bits per heavy atom. The van der Waals surface area contributed by atoms with Crippen molar-refractivity contribution in [1.29, 1.82) is 0 Å². The second-order valence-electron chi connectivity index (χ2n) is 8.72. The highest BCUT2D eigenvalue weighted by Crippen LogP contribution is 2.22. The maximum absolute atomic E-state index is 13.1. The lowest BCUT2D eigenvalue weighted by Gasteiger charge is -2.34. The van der Waals surface area contributed by atoms with Crippen molar-refractivity contribution in [2.75, 3.05) is 13.1 Å². The Morgan fingerprint density at radius 1 is 1.20 bits per heavy atom. The molecule has 0 spiro atoms. The fourth-order valence-corrected chi connectivity index (χ4v) is 4.73. The Hall–Kier alpha value is -3.20. The highest BCUT2D eigenvalue weighted by Gasteiger charge is 2.31. The molecule has 0 bridgehead atoms. The first kappa shape index (κ1) is 28.0. The first-order valence-corrected chi connectivity index (χ1v) is 12.6. The third kappa shape index (κ3) is 9.90. The molecule has 1 aromatic heterocycles. The summed E-state index contributed by atoms with van der Waals surface area (Å²) < 4.78 is 0. The van der Waals surface area contributed by atoms with E-state index in [2.05, 4.69) is 11.9 Å². The van der Waals surface area contributed by atoms with Gasteiger partial charge in [-0.1, -0.05) is 30.9 Å². The number of hydrogen-bond donors (Lipinski definition) is 3. The zero-order chi connectivity index (χ0) is 25.8. The van der Waals surface area contributed by atoms with Crippen molar-refractivity contribution in [3.05, 3.63) is 52.8 Å². The number of piperidine rings is 1. The van der Waals surface area contributed by atoms with Crippen LogP contribution in [0.25, 0.3) is 5.57 Å². The van der Waals surface area contributed by atoms with Crippen LogP contribution in [0.2, 0.25) is 0 Å². The van der Waals surface area contributed by atoms with Gasteiger partial charge >= 0.3 is 11.9 Å². The number of nitrogens with one attached hydrogen (secondary N) is 1. The summed E-state index contributed by atoms with van der Waals surface area (Å²) in [5.74, 6) is -2.81. The SMILES string of the molecule is C=CC(=CC=C(C)c1cccs1)CCC(=O)NC(CCC(=O)O)C(=O)N1CCCC(CC(=O)O)C1. The van der Waals surface area contributed by atoms with Gasteiger partial charge in [-0.3, -0.25) is 19.2 Å². The zero-order valence-electron chi connectivity index (χ0n) is 20.1. The minimum atomic E-state index is -1.05. The fraction of sp³-hybridized carbons (Fsp3) is 0.462. The molecule has 3 N–H and O–H groups in total. The van der Waals surface area contributed by atoms with Gasteiger partial charge in [-0.15, -0.1) is 11.3 Å². The Bertz CT molecular complexity index is 966. The molecular weight excluding hydrogens is 468 g/mol. The van der Waals surface area contributed by atoms with Crippen LogP contribution in [0.1, 0.15) is 56.7 Å². The van der Waals surface area contributed by atoms with Crippen LogP contribution < -0.4 is 5.32 Å². The maximum atomic E-state index is 13.1. The molecule has 1 aliphatic heterocycles. The summed E-state index contributed by atoms with van der Waals surface area (Å²) in [6.07, 6.45) is 7.23. The number of hydrogen-bond acceptors (Lipinski definition) is 5. The maximum Gasteiger partial charge on any atom is 0.303 e. The van der Waals surface area contributed by atoms with Gasteiger partial charge in [-0.05, 0) is 61.1 Å². The molecule has 2 heterocycles. The zero-order valence-corrected chi connectivity index (χ0v) is 20.9. The largest absolute Gasteiger partial charge is 0.481 e. The third-order valence-electron chi connectivity index (χ3n) is 5.93. The molecule has 8 nitrogen and oxygen atoms in total. The van der Waals surface area contributed by atoms with Gasteiger partial charge in [0.25, 0.3) is 0 Å². The second kappa shape index (κ2) is 14.3. The number of carboxylic acid groups (broad SMARTS) is 2. The second-order valence-corrected chi connectivity index (χ2v) is 9.66. The van der Waals surface area contributed by atoms with E-state index < -0.39 is 18.0 Å². The van der Waals surface area contributed by atoms with Crippen molar-refractivity contribution in [3.8, 4) is 0 Å². The molecule has 2 unspecified atom stereocenters. The van der Waals surface area contributed by atoms with Gasteiger partial charge in [-0.2, -0.15) is 0 Å². The molecule has 0 radical (unpaired) electrons. The van der Waals surface area contributed by atoms with E-state index in [-0.39, 0.29) is 43.4 Å². The molecular formula is C26H34N2O6S. The van der Waals surface area contributed by atoms with Crippen LogP contribution in [0.15, 0.2) is 47.9 Å². The molecule has 1 fully saturated rings. The van der Waals surface area contributed by atoms with Gasteiger partial charge < -0.3 is 20.4 Å². The van der Waals surface area contributed by atoms with E-state index in [1.54, 1.807) is 22.3 Å². The first-order chi connectivity index (χ1) is 16.7. The van der Waals surface area contributed by atoms with Crippen LogP contribution in [0.4, 0.5) is 0 Å². The molecule has 1 aromatic rings. The summed E-state index contributed by atoms with van der Waals surface area (Å²) in [6.45, 7) is 6.58. The predicted octanol–water partition coefficient (Wildman–Crippen LogP) is 4.11. The number of likely N-dealkylation sites (tertiary alicyclic amines) is 1. The van der Waals surface area contributed by atoms with E-state index in [1.165, 1.54) is 0 Å². The molecule has 0 saturated carbocycles. The van der Waals surface area contributed by atoms with Crippen LogP contribution in [-0.4, -0.2) is 58.0 Å². The number of nitrogens with zero attached hydrogens (tertiary/aromatic N) is 1. The van der Waals surface area contributed by atoms with E-state index in [9.17, 15) is 19.2 Å². The average molecular weight is 503 g/mol. The molecule has 2 amide bonds. The van der Waals surface area contributed by atoms with Gasteiger partial charge in [0.05, 0.1) is 0 Å². The predicted molar refractivity (Wildman–Crippen MR) is 136 cm³/mol. The Balaban J connectivity index is 1.99. The van der Waals surface area contributed by atoms with Gasteiger partial charge in [0.2, 0.25) is 11.8 Å². The van der Waals surface area contributed by atoms with Crippen molar-refractivity contribution in [3.63, 3.8) is 0 Å². The quantitative estimate of drug-likeness (QED) is 0.349. The average Bonchev–Trinajstić information content (AvgIpc) is 3.36. The number of carbonyl (C=O) groups excluding carboxylic acids is 2. The number of aliphatic carboxylic acids is 2. The molecule has 0 aromatic carbocycles. The molecule has 0 aliphatic carbocycles. The number of amides is 2. The summed E-state index contributed by atoms with van der Waals surface area (Å²) in [6, 6.07) is 3.06. The first-order valence-electron chi connectivity index (χ1n) is 11.7. The summed E-state index contributed by atoms with van der Waals surface area (Å²) in [5, 5.41) is 22.9. The van der Waals surface area contributed by atoms with Crippen molar-refractivity contribution in [2.45, 2.75) is 57.9 Å². The summed E-state index contributed by atoms with van der Waals surface area (Å²) in [7, 11) is 0. The molecule has 1 saturated heterocycles. The van der Waals surface area contributed by atoms with Crippen LogP contribution in [0, 0.1) is 5.92 Å². The van der Waals surface area contributed by atoms with Crippen LogP contribution in [-0.2, 0) is 19.2 Å². The van der Waals surface area contributed by atoms with Gasteiger partial charge in [0.1, 0.15) is 6.04 Å². The van der Waals surface area contributed by atoms with E-state index >= 15 is 0 Å². The van der Waals surface area contributed by atoms with E-state index in [0.717, 1.165) is 22.4 Å². The third-order valence-corrected chi connectivity index (χ3v) is 6.94. The van der Waals surface area contributed by atoms with Crippen molar-refractivity contribution >= 4 is 40.7 Å². The van der Waals surface area contributed by atoms with Gasteiger partial charge in [-0.25, -0.2) is 0 Å². The molecule has 9 heteroatoms. The van der Waals surface area contributed by atoms with Crippen LogP contribution in [0.3, 0.4) is 0 Å². The molecule has 35 heavy (non-hydrogen) atoms. The smallest absolute Gasteiger partial charge is 0.303 e. The van der Waals surface area contributed by atoms with Crippen LogP contribution in [0.5, 0.6) is 0 Å². The lowest BCUT2D eigenvalue weighted by molar-refractivity contribution is -0.143. The van der Waals surface area contributed by atoms with Crippen molar-refractivity contribution < 1.29 is 29.4 Å². The minimum absolute atomic E-state index is 0.0208. The summed E-state index contributed by atoms with van der Waals surface area (Å²) >= 11 is 1.64.